The van der Waals surface area contributed by atoms with Gasteiger partial charge in [0.15, 0.2) is 0 Å². The molecule has 0 fully saturated rings. The highest BCUT2D eigenvalue weighted by atomic mass is 35.5. The van der Waals surface area contributed by atoms with Crippen LogP contribution in [-0.2, 0) is 4.79 Å². The maximum Gasteiger partial charge on any atom is 0.293 e. The number of rotatable bonds is 0. The Hall–Kier alpha value is -1.53. The van der Waals surface area contributed by atoms with Gasteiger partial charge in [0, 0.05) is 11.5 Å². The zero-order chi connectivity index (χ0) is 9.84. The van der Waals surface area contributed by atoms with Crippen molar-refractivity contribution in [2.24, 2.45) is 5.73 Å². The summed E-state index contributed by atoms with van der Waals surface area (Å²) in [6.45, 7) is 0. The Morgan fingerprint density at radius 2 is 2.23 bits per heavy atom. The van der Waals surface area contributed by atoms with Crippen LogP contribution in [0.15, 0.2) is 18.2 Å². The van der Waals surface area contributed by atoms with Crippen molar-refractivity contribution in [3.8, 4) is 11.8 Å². The smallest absolute Gasteiger partial charge is 0.293 e. The first-order chi connectivity index (χ1) is 6.11. The number of hydrogen-bond acceptors (Lipinski definition) is 1. The highest BCUT2D eigenvalue weighted by Crippen LogP contribution is 2.18. The lowest BCUT2D eigenvalue weighted by molar-refractivity contribution is -0.112. The Morgan fingerprint density at radius 3 is 2.85 bits per heavy atom. The molecule has 0 saturated carbocycles. The molecule has 2 nitrogen and oxygen atoms in total. The molecule has 0 atom stereocenters. The Labute approximate surface area is 79.5 Å². The Morgan fingerprint density at radius 1 is 1.54 bits per heavy atom. The summed E-state index contributed by atoms with van der Waals surface area (Å²) in [7, 11) is 0. The zero-order valence-electron chi connectivity index (χ0n) is 6.47. The lowest BCUT2D eigenvalue weighted by atomic mass is 10.2. The molecule has 0 aliphatic rings. The molecule has 4 heteroatoms. The molecule has 2 N–H and O–H groups in total. The molecule has 0 radical (unpaired) electrons. The summed E-state index contributed by atoms with van der Waals surface area (Å²) < 4.78 is 12.8. The van der Waals surface area contributed by atoms with E-state index in [4.69, 9.17) is 17.3 Å². The fraction of sp³-hybridized carbons (Fsp3) is 0. The van der Waals surface area contributed by atoms with Gasteiger partial charge in [0.2, 0.25) is 0 Å². The summed E-state index contributed by atoms with van der Waals surface area (Å²) >= 11 is 5.55. The fourth-order valence-corrected chi connectivity index (χ4v) is 0.903. The fourth-order valence-electron chi connectivity index (χ4n) is 0.729. The number of hydrogen-bond donors (Lipinski definition) is 1. The minimum Gasteiger partial charge on any atom is -0.359 e. The molecule has 0 unspecified atom stereocenters. The summed E-state index contributed by atoms with van der Waals surface area (Å²) in [4.78, 5) is 10.3. The topological polar surface area (TPSA) is 43.1 Å². The molecule has 13 heavy (non-hydrogen) atoms. The molecule has 1 aromatic rings. The van der Waals surface area contributed by atoms with Gasteiger partial charge in [-0.15, -0.1) is 0 Å². The molecule has 66 valence electrons. The van der Waals surface area contributed by atoms with Crippen LogP contribution in [0.1, 0.15) is 5.56 Å². The maximum absolute atomic E-state index is 12.8. The standard InChI is InChI=1S/C9H5ClFNO/c10-9-6(4-5-8(12)13)2-1-3-7(9)11/h1-3H,(H2,12,13). The maximum atomic E-state index is 12.8. The van der Waals surface area contributed by atoms with Gasteiger partial charge in [0.25, 0.3) is 5.91 Å². The number of carbonyl (C=O) groups is 1. The van der Waals surface area contributed by atoms with Gasteiger partial charge in [-0.2, -0.15) is 0 Å². The van der Waals surface area contributed by atoms with E-state index in [9.17, 15) is 9.18 Å². The second-order valence-electron chi connectivity index (χ2n) is 2.22. The molecule has 0 aliphatic carbocycles. The monoisotopic (exact) mass is 197 g/mol. The number of nitrogens with two attached hydrogens (primary N) is 1. The van der Waals surface area contributed by atoms with E-state index in [0.717, 1.165) is 0 Å². The predicted molar refractivity (Wildman–Crippen MR) is 47.5 cm³/mol. The van der Waals surface area contributed by atoms with Crippen LogP contribution >= 0.6 is 11.6 Å². The van der Waals surface area contributed by atoms with Gasteiger partial charge in [-0.25, -0.2) is 4.39 Å². The Balaban J connectivity index is 3.11. The summed E-state index contributed by atoms with van der Waals surface area (Å²) in [5.41, 5.74) is 5.03. The van der Waals surface area contributed by atoms with Gasteiger partial charge in [0.05, 0.1) is 5.02 Å². The second kappa shape index (κ2) is 3.92. The van der Waals surface area contributed by atoms with Crippen molar-refractivity contribution in [3.05, 3.63) is 34.6 Å². The molecule has 0 aromatic heterocycles. The van der Waals surface area contributed by atoms with Crippen molar-refractivity contribution in [2.75, 3.05) is 0 Å². The first kappa shape index (κ1) is 9.56. The Kier molecular flexibility index (Phi) is 2.88. The van der Waals surface area contributed by atoms with Crippen molar-refractivity contribution < 1.29 is 9.18 Å². The second-order valence-corrected chi connectivity index (χ2v) is 2.59. The first-order valence-electron chi connectivity index (χ1n) is 3.36. The van der Waals surface area contributed by atoms with Crippen LogP contribution < -0.4 is 5.73 Å². The van der Waals surface area contributed by atoms with E-state index >= 15 is 0 Å². The van der Waals surface area contributed by atoms with Crippen LogP contribution in [0.3, 0.4) is 0 Å². The van der Waals surface area contributed by atoms with Crippen molar-refractivity contribution in [1.29, 1.82) is 0 Å². The van der Waals surface area contributed by atoms with Crippen LogP contribution in [0.5, 0.6) is 0 Å². The van der Waals surface area contributed by atoms with Crippen molar-refractivity contribution in [2.45, 2.75) is 0 Å². The van der Waals surface area contributed by atoms with Gasteiger partial charge >= 0.3 is 0 Å². The van der Waals surface area contributed by atoms with Crippen LogP contribution in [0, 0.1) is 17.7 Å². The van der Waals surface area contributed by atoms with Gasteiger partial charge in [-0.3, -0.25) is 4.79 Å². The van der Waals surface area contributed by atoms with Crippen molar-refractivity contribution in [3.63, 3.8) is 0 Å². The summed E-state index contributed by atoms with van der Waals surface area (Å²) in [6.07, 6.45) is 0. The Bertz CT molecular complexity index is 406. The number of carbonyl (C=O) groups excluding carboxylic acids is 1. The van der Waals surface area contributed by atoms with E-state index in [1.54, 1.807) is 0 Å². The van der Waals surface area contributed by atoms with Gasteiger partial charge in [0.1, 0.15) is 5.82 Å². The molecule has 0 saturated heterocycles. The summed E-state index contributed by atoms with van der Waals surface area (Å²) in [5, 5.41) is -0.101. The zero-order valence-corrected chi connectivity index (χ0v) is 7.23. The molecule has 1 aromatic carbocycles. The highest BCUT2D eigenvalue weighted by Gasteiger charge is 2.02. The van der Waals surface area contributed by atoms with Crippen molar-refractivity contribution in [1.82, 2.24) is 0 Å². The lowest BCUT2D eigenvalue weighted by Crippen LogP contribution is -2.06. The van der Waals surface area contributed by atoms with E-state index in [1.807, 2.05) is 0 Å². The number of amides is 1. The third kappa shape index (κ3) is 2.46. The van der Waals surface area contributed by atoms with Gasteiger partial charge in [-0.05, 0) is 12.1 Å². The van der Waals surface area contributed by atoms with E-state index in [2.05, 4.69) is 11.8 Å². The number of benzene rings is 1. The SMILES string of the molecule is NC(=O)C#Cc1cccc(F)c1Cl. The molecule has 0 bridgehead atoms. The van der Waals surface area contributed by atoms with Crippen LogP contribution in [-0.4, -0.2) is 5.91 Å². The average molecular weight is 198 g/mol. The predicted octanol–water partition coefficient (Wildman–Crippen LogP) is 1.32. The summed E-state index contributed by atoms with van der Waals surface area (Å²) in [5.74, 6) is 3.08. The number of primary amides is 1. The normalized spacial score (nSPS) is 8.77. The minimum atomic E-state index is -0.777. The molecular formula is C9H5ClFNO. The molecule has 0 spiro atoms. The molecule has 0 heterocycles. The highest BCUT2D eigenvalue weighted by molar-refractivity contribution is 6.31. The molecular weight excluding hydrogens is 193 g/mol. The molecule has 1 rings (SSSR count). The minimum absolute atomic E-state index is 0.101. The lowest BCUT2D eigenvalue weighted by Gasteiger charge is -1.95. The van der Waals surface area contributed by atoms with E-state index in [1.165, 1.54) is 18.2 Å². The molecule has 0 aliphatic heterocycles. The number of halogens is 2. The summed E-state index contributed by atoms with van der Waals surface area (Å²) in [6, 6.07) is 4.16. The van der Waals surface area contributed by atoms with E-state index in [-0.39, 0.29) is 10.6 Å². The quantitative estimate of drug-likeness (QED) is 0.627. The third-order valence-electron chi connectivity index (χ3n) is 1.27. The third-order valence-corrected chi connectivity index (χ3v) is 1.66. The van der Waals surface area contributed by atoms with Crippen LogP contribution in [0.2, 0.25) is 5.02 Å². The molecule has 1 amide bonds. The largest absolute Gasteiger partial charge is 0.359 e. The van der Waals surface area contributed by atoms with E-state index in [0.29, 0.717) is 0 Å². The van der Waals surface area contributed by atoms with Crippen LogP contribution in [0.4, 0.5) is 4.39 Å². The first-order valence-corrected chi connectivity index (χ1v) is 3.74. The van der Waals surface area contributed by atoms with Crippen molar-refractivity contribution >= 4 is 17.5 Å². The van der Waals surface area contributed by atoms with E-state index < -0.39 is 11.7 Å². The average Bonchev–Trinajstić information content (AvgIpc) is 2.07. The van der Waals surface area contributed by atoms with Crippen LogP contribution in [0.25, 0.3) is 0 Å². The van der Waals surface area contributed by atoms with Gasteiger partial charge in [-0.1, -0.05) is 23.6 Å². The van der Waals surface area contributed by atoms with Gasteiger partial charge < -0.3 is 5.73 Å².